The molecule has 2 unspecified atom stereocenters. The minimum atomic E-state index is -1.21. The first-order chi connectivity index (χ1) is 12.0. The number of ether oxygens (including phenoxy) is 1. The monoisotopic (exact) mass is 343 g/mol. The summed E-state index contributed by atoms with van der Waals surface area (Å²) in [6.45, 7) is 1.76. The van der Waals surface area contributed by atoms with Gasteiger partial charge in [-0.2, -0.15) is 0 Å². The Hall–Kier alpha value is -2.27. The molecule has 2 N–H and O–H groups in total. The van der Waals surface area contributed by atoms with Crippen LogP contribution in [0.15, 0.2) is 41.0 Å². The molecule has 134 valence electrons. The van der Waals surface area contributed by atoms with Gasteiger partial charge < -0.3 is 19.6 Å². The van der Waals surface area contributed by atoms with E-state index in [2.05, 4.69) is 17.4 Å². The summed E-state index contributed by atoms with van der Waals surface area (Å²) < 4.78 is 10.5. The van der Waals surface area contributed by atoms with Crippen molar-refractivity contribution in [3.63, 3.8) is 0 Å². The van der Waals surface area contributed by atoms with E-state index in [1.807, 2.05) is 6.07 Å². The van der Waals surface area contributed by atoms with Crippen molar-refractivity contribution in [2.75, 3.05) is 13.7 Å². The molecule has 25 heavy (non-hydrogen) atoms. The van der Waals surface area contributed by atoms with Gasteiger partial charge in [-0.15, -0.1) is 0 Å². The van der Waals surface area contributed by atoms with Gasteiger partial charge in [0.2, 0.25) is 5.91 Å². The molecule has 0 aliphatic heterocycles. The van der Waals surface area contributed by atoms with Gasteiger partial charge in [0, 0.05) is 6.42 Å². The second-order valence-electron chi connectivity index (χ2n) is 6.89. The molecule has 2 atom stereocenters. The largest absolute Gasteiger partial charge is 0.497 e. The zero-order valence-corrected chi connectivity index (χ0v) is 14.7. The van der Waals surface area contributed by atoms with E-state index >= 15 is 0 Å². The summed E-state index contributed by atoms with van der Waals surface area (Å²) in [5, 5.41) is 13.3. The Morgan fingerprint density at radius 1 is 1.44 bits per heavy atom. The van der Waals surface area contributed by atoms with E-state index in [4.69, 9.17) is 9.15 Å². The quantitative estimate of drug-likeness (QED) is 0.845. The highest BCUT2D eigenvalue weighted by Gasteiger charge is 2.28. The second kappa shape index (κ2) is 7.31. The molecule has 1 aliphatic rings. The molecule has 0 bridgehead atoms. The zero-order chi connectivity index (χ0) is 17.9. The van der Waals surface area contributed by atoms with Crippen LogP contribution in [-0.2, 0) is 16.8 Å². The Labute approximate surface area is 148 Å². The molecule has 1 aliphatic carbocycles. The number of methoxy groups -OCH3 is 1. The number of nitrogens with one attached hydrogen (secondary N) is 1. The summed E-state index contributed by atoms with van der Waals surface area (Å²) in [5.41, 5.74) is 1.29. The van der Waals surface area contributed by atoms with Gasteiger partial charge in [-0.3, -0.25) is 4.79 Å². The number of carbonyl (C=O) groups excluding carboxylic acids is 1. The number of furan rings is 1. The molecule has 1 aromatic heterocycles. The van der Waals surface area contributed by atoms with Crippen molar-refractivity contribution in [1.82, 2.24) is 5.32 Å². The fourth-order valence-corrected chi connectivity index (χ4v) is 3.47. The molecule has 1 amide bonds. The van der Waals surface area contributed by atoms with E-state index in [0.29, 0.717) is 12.2 Å². The summed E-state index contributed by atoms with van der Waals surface area (Å²) in [6, 6.07) is 9.53. The Morgan fingerprint density at radius 2 is 2.28 bits per heavy atom. The van der Waals surface area contributed by atoms with Gasteiger partial charge in [-0.1, -0.05) is 6.07 Å². The summed E-state index contributed by atoms with van der Waals surface area (Å²) in [6.07, 6.45) is 5.04. The fourth-order valence-electron chi connectivity index (χ4n) is 3.47. The molecule has 0 fully saturated rings. The first-order valence-corrected chi connectivity index (χ1v) is 8.69. The number of carbonyl (C=O) groups is 1. The maximum absolute atomic E-state index is 12.4. The Morgan fingerprint density at radius 3 is 3.00 bits per heavy atom. The zero-order valence-electron chi connectivity index (χ0n) is 14.7. The van der Waals surface area contributed by atoms with Crippen LogP contribution >= 0.6 is 0 Å². The number of hydrogen-bond acceptors (Lipinski definition) is 4. The van der Waals surface area contributed by atoms with Crippen LogP contribution in [-0.4, -0.2) is 24.7 Å². The van der Waals surface area contributed by atoms with E-state index in [0.717, 1.165) is 25.0 Å². The summed E-state index contributed by atoms with van der Waals surface area (Å²) in [4.78, 5) is 12.4. The molecular weight excluding hydrogens is 318 g/mol. The lowest BCUT2D eigenvalue weighted by Crippen LogP contribution is -2.39. The van der Waals surface area contributed by atoms with Crippen LogP contribution in [0.2, 0.25) is 0 Å². The first-order valence-electron chi connectivity index (χ1n) is 8.69. The highest BCUT2D eigenvalue weighted by Crippen LogP contribution is 2.35. The first kappa shape index (κ1) is 17.5. The molecule has 5 heteroatoms. The number of rotatable bonds is 6. The average molecular weight is 343 g/mol. The highest BCUT2D eigenvalue weighted by atomic mass is 16.5. The van der Waals surface area contributed by atoms with Crippen LogP contribution < -0.4 is 10.1 Å². The number of aryl methyl sites for hydroxylation is 1. The average Bonchev–Trinajstić information content (AvgIpc) is 3.15. The molecule has 1 heterocycles. The van der Waals surface area contributed by atoms with E-state index in [1.165, 1.54) is 17.4 Å². The second-order valence-corrected chi connectivity index (χ2v) is 6.89. The van der Waals surface area contributed by atoms with Gasteiger partial charge in [-0.25, -0.2) is 0 Å². The van der Waals surface area contributed by atoms with Crippen LogP contribution in [0.5, 0.6) is 5.75 Å². The predicted octanol–water partition coefficient (Wildman–Crippen LogP) is 3.12. The molecular formula is C20H25NO4. The molecule has 5 nitrogen and oxygen atoms in total. The van der Waals surface area contributed by atoms with Crippen LogP contribution in [0, 0.1) is 0 Å². The van der Waals surface area contributed by atoms with Crippen molar-refractivity contribution in [1.29, 1.82) is 0 Å². The maximum atomic E-state index is 12.4. The summed E-state index contributed by atoms with van der Waals surface area (Å²) in [5.74, 6) is 1.46. The molecule has 1 aromatic carbocycles. The van der Waals surface area contributed by atoms with Crippen molar-refractivity contribution < 1.29 is 19.1 Å². The Bertz CT molecular complexity index is 721. The SMILES string of the molecule is COc1ccc2c(c1)CCCC2CC(=O)NCC(C)(O)c1ccco1. The van der Waals surface area contributed by atoms with Crippen LogP contribution in [0.25, 0.3) is 0 Å². The number of benzene rings is 1. The normalized spacial score (nSPS) is 18.9. The van der Waals surface area contributed by atoms with Crippen molar-refractivity contribution in [2.24, 2.45) is 0 Å². The number of amides is 1. The predicted molar refractivity (Wildman–Crippen MR) is 94.6 cm³/mol. The Kier molecular flexibility index (Phi) is 5.13. The fraction of sp³-hybridized carbons (Fsp3) is 0.450. The molecule has 0 spiro atoms. The third-order valence-corrected chi connectivity index (χ3v) is 4.90. The Balaban J connectivity index is 1.61. The summed E-state index contributed by atoms with van der Waals surface area (Å²) in [7, 11) is 1.67. The lowest BCUT2D eigenvalue weighted by atomic mass is 9.81. The number of aliphatic hydroxyl groups is 1. The van der Waals surface area contributed by atoms with E-state index < -0.39 is 5.60 Å². The lowest BCUT2D eigenvalue weighted by molar-refractivity contribution is -0.122. The van der Waals surface area contributed by atoms with Crippen LogP contribution in [0.3, 0.4) is 0 Å². The van der Waals surface area contributed by atoms with Gasteiger partial charge in [0.15, 0.2) is 0 Å². The van der Waals surface area contributed by atoms with Crippen LogP contribution in [0.4, 0.5) is 0 Å². The van der Waals surface area contributed by atoms with Gasteiger partial charge >= 0.3 is 0 Å². The summed E-state index contributed by atoms with van der Waals surface area (Å²) >= 11 is 0. The van der Waals surface area contributed by atoms with Crippen molar-refractivity contribution >= 4 is 5.91 Å². The van der Waals surface area contributed by atoms with Crippen molar-refractivity contribution in [3.8, 4) is 5.75 Å². The third kappa shape index (κ3) is 4.04. The lowest BCUT2D eigenvalue weighted by Gasteiger charge is -2.26. The smallest absolute Gasteiger partial charge is 0.220 e. The number of hydrogen-bond donors (Lipinski definition) is 2. The van der Waals surface area contributed by atoms with Gasteiger partial charge in [0.1, 0.15) is 17.1 Å². The topological polar surface area (TPSA) is 71.7 Å². The van der Waals surface area contributed by atoms with Gasteiger partial charge in [0.25, 0.3) is 0 Å². The van der Waals surface area contributed by atoms with E-state index in [1.54, 1.807) is 26.2 Å². The maximum Gasteiger partial charge on any atom is 0.220 e. The third-order valence-electron chi connectivity index (χ3n) is 4.90. The molecule has 2 aromatic rings. The van der Waals surface area contributed by atoms with E-state index in [-0.39, 0.29) is 18.4 Å². The number of fused-ring (bicyclic) bond motifs is 1. The van der Waals surface area contributed by atoms with E-state index in [9.17, 15) is 9.90 Å². The van der Waals surface area contributed by atoms with Crippen molar-refractivity contribution in [3.05, 3.63) is 53.5 Å². The highest BCUT2D eigenvalue weighted by molar-refractivity contribution is 5.77. The standard InChI is InChI=1S/C20H25NO4/c1-20(23,18-7-4-10-25-18)13-21-19(22)12-15-6-3-5-14-11-16(24-2)8-9-17(14)15/h4,7-11,15,23H,3,5-6,12-13H2,1-2H3,(H,21,22). The van der Waals surface area contributed by atoms with Gasteiger partial charge in [0.05, 0.1) is 19.9 Å². The minimum Gasteiger partial charge on any atom is -0.497 e. The molecule has 0 saturated heterocycles. The molecule has 0 saturated carbocycles. The molecule has 3 rings (SSSR count). The van der Waals surface area contributed by atoms with Crippen LogP contribution in [0.1, 0.15) is 49.0 Å². The molecule has 0 radical (unpaired) electrons. The minimum absolute atomic E-state index is 0.0551. The van der Waals surface area contributed by atoms with Crippen molar-refractivity contribution in [2.45, 2.75) is 44.1 Å². The van der Waals surface area contributed by atoms with Gasteiger partial charge in [-0.05, 0) is 67.5 Å².